The molecule has 0 radical (unpaired) electrons. The van der Waals surface area contributed by atoms with E-state index < -0.39 is 30.1 Å². The second-order valence-corrected chi connectivity index (χ2v) is 9.72. The zero-order valence-electron chi connectivity index (χ0n) is 21.5. The first-order chi connectivity index (χ1) is 19.1. The number of carbonyl (C=O) groups excluding carboxylic acids is 2. The topological polar surface area (TPSA) is 131 Å². The van der Waals surface area contributed by atoms with Gasteiger partial charge in [0, 0.05) is 33.2 Å². The van der Waals surface area contributed by atoms with E-state index in [-0.39, 0.29) is 17.7 Å². The van der Waals surface area contributed by atoms with Crippen molar-refractivity contribution in [3.8, 4) is 11.3 Å². The van der Waals surface area contributed by atoms with Gasteiger partial charge in [0.15, 0.2) is 5.76 Å². The highest BCUT2D eigenvalue weighted by Crippen LogP contribution is 2.32. The Morgan fingerprint density at radius 3 is 2.27 bits per heavy atom. The van der Waals surface area contributed by atoms with E-state index in [1.165, 1.54) is 12.1 Å². The highest BCUT2D eigenvalue weighted by molar-refractivity contribution is 6.31. The first kappa shape index (κ1) is 28.7. The summed E-state index contributed by atoms with van der Waals surface area (Å²) in [5.74, 6) is -1.50. The molecular weight excluding hydrogens is 557 g/mol. The van der Waals surface area contributed by atoms with Crippen LogP contribution in [0.4, 0.5) is 10.5 Å². The summed E-state index contributed by atoms with van der Waals surface area (Å²) in [7, 11) is 0. The number of aliphatic carboxylic acids is 1. The Hall–Kier alpha value is -4.34. The third kappa shape index (κ3) is 6.80. The molecule has 3 aromatic carbocycles. The van der Waals surface area contributed by atoms with Crippen LogP contribution < -0.4 is 10.6 Å². The maximum atomic E-state index is 12.8. The number of carboxylic acid groups (broad SMARTS) is 1. The van der Waals surface area contributed by atoms with Gasteiger partial charge in [-0.15, -0.1) is 0 Å². The second kappa shape index (κ2) is 12.7. The summed E-state index contributed by atoms with van der Waals surface area (Å²) in [5, 5.41) is 19.7. The van der Waals surface area contributed by atoms with E-state index in [4.69, 9.17) is 32.5 Å². The first-order valence-corrected chi connectivity index (χ1v) is 13.0. The third-order valence-corrected chi connectivity index (χ3v) is 6.82. The molecule has 1 unspecified atom stereocenters. The predicted molar refractivity (Wildman–Crippen MR) is 151 cm³/mol. The number of hydrogen-bond donors (Lipinski definition) is 3. The van der Waals surface area contributed by atoms with Crippen molar-refractivity contribution < 1.29 is 28.8 Å². The Kier molecular flexibility index (Phi) is 9.08. The third-order valence-electron chi connectivity index (χ3n) is 6.11. The molecule has 4 rings (SSSR count). The van der Waals surface area contributed by atoms with E-state index >= 15 is 0 Å². The van der Waals surface area contributed by atoms with E-state index in [0.717, 1.165) is 0 Å². The maximum absolute atomic E-state index is 12.8. The van der Waals surface area contributed by atoms with Crippen LogP contribution in [-0.2, 0) is 16.0 Å². The molecule has 0 saturated carbocycles. The van der Waals surface area contributed by atoms with Crippen LogP contribution in [0.3, 0.4) is 0 Å². The molecule has 0 spiro atoms. The fraction of sp³-hybridized carbons (Fsp3) is 0.172. The quantitative estimate of drug-likeness (QED) is 0.200. The summed E-state index contributed by atoms with van der Waals surface area (Å²) in [6.07, 6.45) is -1.31. The first-order valence-electron chi connectivity index (χ1n) is 12.2. The lowest BCUT2D eigenvalue weighted by Crippen LogP contribution is -2.42. The van der Waals surface area contributed by atoms with Gasteiger partial charge < -0.3 is 19.7 Å². The molecule has 206 valence electrons. The number of carbonyl (C=O) groups is 3. The molecule has 0 saturated heterocycles. The minimum absolute atomic E-state index is 0.0242. The van der Waals surface area contributed by atoms with Crippen molar-refractivity contribution in [2.75, 3.05) is 5.32 Å². The van der Waals surface area contributed by atoms with Gasteiger partial charge >= 0.3 is 12.1 Å². The van der Waals surface area contributed by atoms with Crippen molar-refractivity contribution in [1.29, 1.82) is 0 Å². The predicted octanol–water partition coefficient (Wildman–Crippen LogP) is 6.69. The minimum Gasteiger partial charge on any atom is -0.480 e. The largest absolute Gasteiger partial charge is 0.480 e. The SMILES string of the molecule is Cc1noc(-c2ccc(C(=O)NC(Cc3ccccc3Cl)C(=O)O)cc2)c1NC(=O)O[C@H](C)c1ccccc1Cl. The smallest absolute Gasteiger partial charge is 0.412 e. The Bertz CT molecular complexity index is 1540. The summed E-state index contributed by atoms with van der Waals surface area (Å²) in [5.41, 5.74) is 2.74. The molecule has 0 bridgehead atoms. The number of aromatic nitrogens is 1. The van der Waals surface area contributed by atoms with Crippen LogP contribution in [0.15, 0.2) is 77.3 Å². The number of rotatable bonds is 9. The zero-order valence-corrected chi connectivity index (χ0v) is 23.0. The van der Waals surface area contributed by atoms with Crippen molar-refractivity contribution in [2.24, 2.45) is 0 Å². The normalized spacial score (nSPS) is 12.3. The molecule has 11 heteroatoms. The molecule has 2 amide bonds. The van der Waals surface area contributed by atoms with Crippen LogP contribution in [0.25, 0.3) is 11.3 Å². The Morgan fingerprint density at radius 2 is 1.62 bits per heavy atom. The maximum Gasteiger partial charge on any atom is 0.412 e. The van der Waals surface area contributed by atoms with Gasteiger partial charge in [0.05, 0.1) is 0 Å². The minimum atomic E-state index is -1.19. The van der Waals surface area contributed by atoms with Gasteiger partial charge in [-0.3, -0.25) is 10.1 Å². The van der Waals surface area contributed by atoms with Crippen molar-refractivity contribution >= 4 is 46.9 Å². The summed E-state index contributed by atoms with van der Waals surface area (Å²) in [6.45, 7) is 3.36. The van der Waals surface area contributed by atoms with Crippen LogP contribution in [0, 0.1) is 6.92 Å². The number of benzene rings is 3. The standard InChI is InChI=1S/C29H25Cl2N3O6/c1-16-25(33-29(38)39-17(2)21-8-4-6-10-23(21)31)26(40-34-16)18-11-13-19(14-12-18)27(35)32-24(28(36)37)15-20-7-3-5-9-22(20)30/h3-14,17,24H,15H2,1-2H3,(H,32,35)(H,33,38)(H,36,37)/t17-,24?/m1/s1. The van der Waals surface area contributed by atoms with Crippen molar-refractivity contribution in [2.45, 2.75) is 32.4 Å². The number of nitrogens with zero attached hydrogens (tertiary/aromatic N) is 1. The highest BCUT2D eigenvalue weighted by atomic mass is 35.5. The molecular formula is C29H25Cl2N3O6. The summed E-state index contributed by atoms with van der Waals surface area (Å²) >= 11 is 12.3. The van der Waals surface area contributed by atoms with E-state index in [1.54, 1.807) is 74.5 Å². The molecule has 0 aliphatic carbocycles. The number of carboxylic acids is 1. The lowest BCUT2D eigenvalue weighted by molar-refractivity contribution is -0.139. The number of anilines is 1. The van der Waals surface area contributed by atoms with Crippen LogP contribution in [0.1, 0.15) is 40.2 Å². The summed E-state index contributed by atoms with van der Waals surface area (Å²) in [6, 6.07) is 18.9. The fourth-order valence-corrected chi connectivity index (χ4v) is 4.48. The molecule has 40 heavy (non-hydrogen) atoms. The molecule has 1 heterocycles. The van der Waals surface area contributed by atoms with E-state index in [9.17, 15) is 19.5 Å². The van der Waals surface area contributed by atoms with Crippen LogP contribution in [0.2, 0.25) is 10.0 Å². The van der Waals surface area contributed by atoms with E-state index in [0.29, 0.717) is 38.1 Å². The average Bonchev–Trinajstić information content (AvgIpc) is 3.29. The number of aryl methyl sites for hydroxylation is 1. The number of hydrogen-bond acceptors (Lipinski definition) is 6. The lowest BCUT2D eigenvalue weighted by atomic mass is 10.0. The summed E-state index contributed by atoms with van der Waals surface area (Å²) in [4.78, 5) is 37.2. The van der Waals surface area contributed by atoms with Crippen molar-refractivity contribution in [3.63, 3.8) is 0 Å². The molecule has 0 aliphatic rings. The van der Waals surface area contributed by atoms with Gasteiger partial charge in [0.2, 0.25) is 0 Å². The molecule has 0 aliphatic heterocycles. The monoisotopic (exact) mass is 581 g/mol. The molecule has 9 nitrogen and oxygen atoms in total. The molecule has 4 aromatic rings. The molecule has 1 aromatic heterocycles. The Morgan fingerprint density at radius 1 is 0.975 bits per heavy atom. The zero-order chi connectivity index (χ0) is 28.8. The van der Waals surface area contributed by atoms with E-state index in [2.05, 4.69) is 15.8 Å². The molecule has 3 N–H and O–H groups in total. The second-order valence-electron chi connectivity index (χ2n) is 8.90. The van der Waals surface area contributed by atoms with Crippen LogP contribution >= 0.6 is 23.2 Å². The number of nitrogens with one attached hydrogen (secondary N) is 2. The van der Waals surface area contributed by atoms with Gasteiger partial charge in [0.25, 0.3) is 5.91 Å². The van der Waals surface area contributed by atoms with Gasteiger partial charge in [-0.05, 0) is 43.7 Å². The van der Waals surface area contributed by atoms with Gasteiger partial charge in [0.1, 0.15) is 23.5 Å². The molecule has 0 fully saturated rings. The van der Waals surface area contributed by atoms with Gasteiger partial charge in [-0.1, -0.05) is 76.9 Å². The molecule has 2 atom stereocenters. The van der Waals surface area contributed by atoms with Gasteiger partial charge in [-0.2, -0.15) is 0 Å². The van der Waals surface area contributed by atoms with E-state index in [1.807, 2.05) is 0 Å². The Labute approximate surface area is 240 Å². The fourth-order valence-electron chi connectivity index (χ4n) is 3.97. The Balaban J connectivity index is 1.44. The number of halogens is 2. The van der Waals surface area contributed by atoms with Gasteiger partial charge in [-0.25, -0.2) is 9.59 Å². The summed E-state index contributed by atoms with van der Waals surface area (Å²) < 4.78 is 10.9. The average molecular weight is 582 g/mol. The highest BCUT2D eigenvalue weighted by Gasteiger charge is 2.24. The lowest BCUT2D eigenvalue weighted by Gasteiger charge is -2.16. The van der Waals surface area contributed by atoms with Crippen molar-refractivity contribution in [1.82, 2.24) is 10.5 Å². The number of ether oxygens (including phenoxy) is 1. The van der Waals surface area contributed by atoms with Crippen LogP contribution in [0.5, 0.6) is 0 Å². The number of amides is 2. The van der Waals surface area contributed by atoms with Crippen LogP contribution in [-0.4, -0.2) is 34.3 Å². The van der Waals surface area contributed by atoms with Crippen molar-refractivity contribution in [3.05, 3.63) is 105 Å².